The van der Waals surface area contributed by atoms with Crippen LogP contribution in [0.2, 0.25) is 0 Å². The molecule has 14 heavy (non-hydrogen) atoms. The smallest absolute Gasteiger partial charge is 0.122 e. The second kappa shape index (κ2) is 4.04. The lowest BCUT2D eigenvalue weighted by Crippen LogP contribution is -2.09. The van der Waals surface area contributed by atoms with Crippen molar-refractivity contribution in [1.29, 1.82) is 0 Å². The van der Waals surface area contributed by atoms with Crippen LogP contribution in [0.3, 0.4) is 0 Å². The summed E-state index contributed by atoms with van der Waals surface area (Å²) in [6, 6.07) is 6.45. The van der Waals surface area contributed by atoms with Crippen molar-refractivity contribution in [1.82, 2.24) is 0 Å². The molecule has 0 heterocycles. The van der Waals surface area contributed by atoms with Gasteiger partial charge in [0.15, 0.2) is 0 Å². The summed E-state index contributed by atoms with van der Waals surface area (Å²) < 4.78 is 5.30. The molecule has 1 aromatic carbocycles. The summed E-state index contributed by atoms with van der Waals surface area (Å²) in [6.07, 6.45) is 1.09. The molecule has 0 aromatic heterocycles. The van der Waals surface area contributed by atoms with Crippen LogP contribution in [0, 0.1) is 12.3 Å². The highest BCUT2D eigenvalue weighted by Gasteiger charge is 2.12. The summed E-state index contributed by atoms with van der Waals surface area (Å²) in [5, 5.41) is 0. The fourth-order valence-electron chi connectivity index (χ4n) is 1.59. The summed E-state index contributed by atoms with van der Waals surface area (Å²) >= 11 is 0. The molecule has 0 aliphatic rings. The number of methoxy groups -OCH3 is 1. The molecule has 0 spiro atoms. The van der Waals surface area contributed by atoms with Crippen molar-refractivity contribution >= 4 is 0 Å². The van der Waals surface area contributed by atoms with E-state index < -0.39 is 0 Å². The van der Waals surface area contributed by atoms with Crippen LogP contribution in [0.25, 0.3) is 0 Å². The predicted octanol–water partition coefficient (Wildman–Crippen LogP) is 3.59. The molecule has 0 atom stereocenters. The van der Waals surface area contributed by atoms with E-state index in [0.717, 1.165) is 12.2 Å². The maximum absolute atomic E-state index is 5.30. The second-order valence-corrected chi connectivity index (χ2v) is 5.04. The third kappa shape index (κ3) is 3.06. The molecule has 78 valence electrons. The van der Waals surface area contributed by atoms with E-state index in [9.17, 15) is 0 Å². The Kier molecular flexibility index (Phi) is 3.20. The lowest BCUT2D eigenvalue weighted by Gasteiger charge is -2.18. The van der Waals surface area contributed by atoms with Crippen molar-refractivity contribution in [3.63, 3.8) is 0 Å². The number of ether oxygens (including phenoxy) is 1. The molecule has 1 rings (SSSR count). The average molecular weight is 192 g/mol. The van der Waals surface area contributed by atoms with Crippen molar-refractivity contribution in [3.8, 4) is 5.75 Å². The Labute approximate surface area is 87.1 Å². The minimum Gasteiger partial charge on any atom is -0.496 e. The summed E-state index contributed by atoms with van der Waals surface area (Å²) in [6.45, 7) is 8.82. The SMILES string of the molecule is COc1cc(CC(C)(C)C)ccc1C. The highest BCUT2D eigenvalue weighted by molar-refractivity contribution is 5.36. The predicted molar refractivity (Wildman–Crippen MR) is 60.9 cm³/mol. The van der Waals surface area contributed by atoms with Gasteiger partial charge in [-0.05, 0) is 36.0 Å². The van der Waals surface area contributed by atoms with Gasteiger partial charge < -0.3 is 4.74 Å². The minimum absolute atomic E-state index is 0.334. The molecular weight excluding hydrogens is 172 g/mol. The quantitative estimate of drug-likeness (QED) is 0.695. The van der Waals surface area contributed by atoms with E-state index in [2.05, 4.69) is 45.9 Å². The third-order valence-electron chi connectivity index (χ3n) is 2.21. The molecule has 0 N–H and O–H groups in total. The first-order chi connectivity index (χ1) is 6.42. The highest BCUT2D eigenvalue weighted by Crippen LogP contribution is 2.25. The summed E-state index contributed by atoms with van der Waals surface area (Å²) in [4.78, 5) is 0. The molecule has 0 amide bonds. The van der Waals surface area contributed by atoms with Crippen LogP contribution in [-0.4, -0.2) is 7.11 Å². The number of benzene rings is 1. The maximum atomic E-state index is 5.30. The first-order valence-corrected chi connectivity index (χ1v) is 5.06. The molecule has 0 saturated heterocycles. The van der Waals surface area contributed by atoms with Crippen molar-refractivity contribution in [2.24, 2.45) is 5.41 Å². The van der Waals surface area contributed by atoms with Crippen LogP contribution in [0.5, 0.6) is 5.75 Å². The van der Waals surface area contributed by atoms with Crippen LogP contribution in [0.1, 0.15) is 31.9 Å². The largest absolute Gasteiger partial charge is 0.496 e. The zero-order valence-electron chi connectivity index (χ0n) is 9.85. The molecule has 1 aromatic rings. The van der Waals surface area contributed by atoms with Crippen LogP contribution < -0.4 is 4.74 Å². The number of rotatable bonds is 2. The minimum atomic E-state index is 0.334. The molecule has 0 unspecified atom stereocenters. The maximum Gasteiger partial charge on any atom is 0.122 e. The van der Waals surface area contributed by atoms with E-state index in [4.69, 9.17) is 4.74 Å². The standard InChI is InChI=1S/C13H20O/c1-10-6-7-11(8-12(10)14-5)9-13(2,3)4/h6-8H,9H2,1-5H3. The second-order valence-electron chi connectivity index (χ2n) is 5.04. The van der Waals surface area contributed by atoms with Crippen molar-refractivity contribution in [2.45, 2.75) is 34.1 Å². The Morgan fingerprint density at radius 3 is 2.36 bits per heavy atom. The molecule has 1 nitrogen and oxygen atoms in total. The Morgan fingerprint density at radius 1 is 1.21 bits per heavy atom. The lowest BCUT2D eigenvalue weighted by atomic mass is 9.88. The molecule has 0 aliphatic carbocycles. The number of hydrogen-bond donors (Lipinski definition) is 0. The fourth-order valence-corrected chi connectivity index (χ4v) is 1.59. The number of hydrogen-bond acceptors (Lipinski definition) is 1. The normalized spacial score (nSPS) is 11.5. The molecular formula is C13H20O. The van der Waals surface area contributed by atoms with E-state index in [1.165, 1.54) is 11.1 Å². The van der Waals surface area contributed by atoms with Crippen molar-refractivity contribution in [2.75, 3.05) is 7.11 Å². The summed E-state index contributed by atoms with van der Waals surface area (Å²) in [5.74, 6) is 0.992. The fraction of sp³-hybridized carbons (Fsp3) is 0.538. The van der Waals surface area contributed by atoms with Gasteiger partial charge in [0, 0.05) is 0 Å². The Hall–Kier alpha value is -0.980. The van der Waals surface area contributed by atoms with Gasteiger partial charge in [0.25, 0.3) is 0 Å². The zero-order chi connectivity index (χ0) is 10.8. The molecule has 0 radical (unpaired) electrons. The Morgan fingerprint density at radius 2 is 1.86 bits per heavy atom. The van der Waals surface area contributed by atoms with Crippen LogP contribution in [0.4, 0.5) is 0 Å². The lowest BCUT2D eigenvalue weighted by molar-refractivity contribution is 0.400. The van der Waals surface area contributed by atoms with E-state index in [0.29, 0.717) is 5.41 Å². The first-order valence-electron chi connectivity index (χ1n) is 5.06. The van der Waals surface area contributed by atoms with Gasteiger partial charge in [0.2, 0.25) is 0 Å². The van der Waals surface area contributed by atoms with Gasteiger partial charge in [-0.3, -0.25) is 0 Å². The first kappa shape index (κ1) is 11.1. The van der Waals surface area contributed by atoms with Gasteiger partial charge in [0.1, 0.15) is 5.75 Å². The Bertz CT molecular complexity index is 308. The zero-order valence-corrected chi connectivity index (χ0v) is 9.85. The van der Waals surface area contributed by atoms with E-state index in [1.807, 2.05) is 0 Å². The molecule has 1 heteroatoms. The van der Waals surface area contributed by atoms with Gasteiger partial charge in [-0.1, -0.05) is 32.9 Å². The molecule has 0 bridgehead atoms. The van der Waals surface area contributed by atoms with Gasteiger partial charge in [-0.25, -0.2) is 0 Å². The Balaban J connectivity index is 2.90. The third-order valence-corrected chi connectivity index (χ3v) is 2.21. The van der Waals surface area contributed by atoms with Gasteiger partial charge in [-0.15, -0.1) is 0 Å². The van der Waals surface area contributed by atoms with Crippen molar-refractivity contribution < 1.29 is 4.74 Å². The summed E-state index contributed by atoms with van der Waals surface area (Å²) in [5.41, 5.74) is 2.88. The van der Waals surface area contributed by atoms with E-state index >= 15 is 0 Å². The number of aryl methyl sites for hydroxylation is 1. The van der Waals surface area contributed by atoms with Gasteiger partial charge in [-0.2, -0.15) is 0 Å². The summed E-state index contributed by atoms with van der Waals surface area (Å²) in [7, 11) is 1.73. The average Bonchev–Trinajstić information content (AvgIpc) is 2.06. The van der Waals surface area contributed by atoms with Crippen molar-refractivity contribution in [3.05, 3.63) is 29.3 Å². The van der Waals surface area contributed by atoms with Gasteiger partial charge >= 0.3 is 0 Å². The van der Waals surface area contributed by atoms with E-state index in [1.54, 1.807) is 7.11 Å². The highest BCUT2D eigenvalue weighted by atomic mass is 16.5. The molecule has 0 aliphatic heterocycles. The van der Waals surface area contributed by atoms with Gasteiger partial charge in [0.05, 0.1) is 7.11 Å². The van der Waals surface area contributed by atoms with Crippen LogP contribution in [0.15, 0.2) is 18.2 Å². The molecule has 0 saturated carbocycles. The molecule has 0 fully saturated rings. The van der Waals surface area contributed by atoms with Crippen LogP contribution >= 0.6 is 0 Å². The van der Waals surface area contributed by atoms with E-state index in [-0.39, 0.29) is 0 Å². The van der Waals surface area contributed by atoms with Crippen LogP contribution in [-0.2, 0) is 6.42 Å². The topological polar surface area (TPSA) is 9.23 Å². The monoisotopic (exact) mass is 192 g/mol.